The van der Waals surface area contributed by atoms with Crippen molar-refractivity contribution in [3.63, 3.8) is 0 Å². The van der Waals surface area contributed by atoms with Crippen LogP contribution in [0.15, 0.2) is 22.5 Å². The molecule has 0 radical (unpaired) electrons. The lowest BCUT2D eigenvalue weighted by Gasteiger charge is -2.22. The van der Waals surface area contributed by atoms with Gasteiger partial charge in [0, 0.05) is 31.2 Å². The minimum Gasteiger partial charge on any atom is -0.379 e. The molecule has 8 heteroatoms. The smallest absolute Gasteiger partial charge is 0.191 e. The van der Waals surface area contributed by atoms with Gasteiger partial charge in [-0.2, -0.15) is 0 Å². The number of ether oxygens (including phenoxy) is 2. The Balaban J connectivity index is 0.00000338. The molecule has 1 saturated heterocycles. The molecule has 1 aromatic rings. The van der Waals surface area contributed by atoms with Crippen molar-refractivity contribution < 1.29 is 9.47 Å². The quantitative estimate of drug-likeness (QED) is 0.226. The third-order valence-electron chi connectivity index (χ3n) is 4.12. The maximum Gasteiger partial charge on any atom is 0.191 e. The second-order valence-corrected chi connectivity index (χ2v) is 7.33. The van der Waals surface area contributed by atoms with Crippen molar-refractivity contribution >= 4 is 41.3 Å². The van der Waals surface area contributed by atoms with E-state index in [0.29, 0.717) is 6.04 Å². The van der Waals surface area contributed by atoms with Crippen LogP contribution in [-0.4, -0.2) is 70.5 Å². The molecule has 1 aliphatic heterocycles. The Labute approximate surface area is 178 Å². The van der Waals surface area contributed by atoms with Crippen LogP contribution in [0, 0.1) is 0 Å². The molecular weight excluding hydrogens is 463 g/mol. The molecule has 0 spiro atoms. The topological polar surface area (TPSA) is 58.1 Å². The maximum absolute atomic E-state index is 5.79. The van der Waals surface area contributed by atoms with Gasteiger partial charge in [0.05, 0.1) is 25.3 Å². The fourth-order valence-corrected chi connectivity index (χ4v) is 3.60. The lowest BCUT2D eigenvalue weighted by atomic mass is 10.2. The largest absolute Gasteiger partial charge is 0.379 e. The van der Waals surface area contributed by atoms with Crippen molar-refractivity contribution in [1.29, 1.82) is 0 Å². The van der Waals surface area contributed by atoms with Crippen LogP contribution in [0.25, 0.3) is 0 Å². The summed E-state index contributed by atoms with van der Waals surface area (Å²) in [6, 6.07) is 4.58. The van der Waals surface area contributed by atoms with Crippen molar-refractivity contribution in [3.8, 4) is 0 Å². The Bertz CT molecular complexity index is 493. The van der Waals surface area contributed by atoms with E-state index in [2.05, 4.69) is 54.1 Å². The van der Waals surface area contributed by atoms with E-state index in [-0.39, 0.29) is 30.1 Å². The van der Waals surface area contributed by atoms with Crippen LogP contribution >= 0.6 is 35.3 Å². The highest BCUT2D eigenvalue weighted by molar-refractivity contribution is 14.0. The molecule has 1 fully saturated rings. The highest BCUT2D eigenvalue weighted by atomic mass is 127. The fraction of sp³-hybridized carbons (Fsp3) is 0.722. The Morgan fingerprint density at radius 1 is 1.46 bits per heavy atom. The molecule has 150 valence electrons. The van der Waals surface area contributed by atoms with E-state index in [1.54, 1.807) is 11.3 Å². The summed E-state index contributed by atoms with van der Waals surface area (Å²) in [5.41, 5.74) is 0. The van der Waals surface area contributed by atoms with E-state index in [0.717, 1.165) is 58.3 Å². The van der Waals surface area contributed by atoms with Gasteiger partial charge in [-0.25, -0.2) is 0 Å². The standard InChI is InChI=1S/C18H32N4O2S.HI/c1-4-19-18(20-9-6-10-24-15-8-11-23-14-15)21-13-16(22(2)3)17-7-5-12-25-17;/h5,7,12,15-16H,4,6,8-11,13-14H2,1-3H3,(H2,19,20,21);1H. The number of likely N-dealkylation sites (N-methyl/N-ethyl adjacent to an activating group) is 1. The molecule has 2 rings (SSSR count). The number of hydrogen-bond donors (Lipinski definition) is 2. The lowest BCUT2D eigenvalue weighted by Crippen LogP contribution is -2.39. The van der Waals surface area contributed by atoms with Gasteiger partial charge in [-0.1, -0.05) is 6.07 Å². The number of thiophene rings is 1. The minimum atomic E-state index is 0. The van der Waals surface area contributed by atoms with E-state index < -0.39 is 0 Å². The van der Waals surface area contributed by atoms with E-state index >= 15 is 0 Å². The van der Waals surface area contributed by atoms with Crippen LogP contribution in [-0.2, 0) is 9.47 Å². The van der Waals surface area contributed by atoms with Gasteiger partial charge in [-0.15, -0.1) is 35.3 Å². The van der Waals surface area contributed by atoms with Crippen LogP contribution in [0.3, 0.4) is 0 Å². The van der Waals surface area contributed by atoms with Gasteiger partial charge in [0.2, 0.25) is 0 Å². The molecule has 2 unspecified atom stereocenters. The first-order valence-corrected chi connectivity index (χ1v) is 10.00. The summed E-state index contributed by atoms with van der Waals surface area (Å²) in [7, 11) is 4.20. The highest BCUT2D eigenvalue weighted by Crippen LogP contribution is 2.23. The van der Waals surface area contributed by atoms with E-state index in [1.165, 1.54) is 4.88 Å². The normalized spacial score (nSPS) is 18.6. The number of nitrogens with zero attached hydrogens (tertiary/aromatic N) is 2. The zero-order valence-corrected chi connectivity index (χ0v) is 19.2. The molecule has 2 N–H and O–H groups in total. The lowest BCUT2D eigenvalue weighted by molar-refractivity contribution is 0.0420. The Kier molecular flexibility index (Phi) is 12.4. The average Bonchev–Trinajstić information content (AvgIpc) is 3.28. The minimum absolute atomic E-state index is 0. The van der Waals surface area contributed by atoms with Crippen molar-refractivity contribution in [1.82, 2.24) is 15.5 Å². The summed E-state index contributed by atoms with van der Waals surface area (Å²) >= 11 is 1.78. The number of guanidine groups is 1. The maximum atomic E-state index is 5.79. The van der Waals surface area contributed by atoms with Crippen LogP contribution in [0.5, 0.6) is 0 Å². The molecule has 0 amide bonds. The molecule has 0 bridgehead atoms. The number of hydrogen-bond acceptors (Lipinski definition) is 5. The molecule has 2 heterocycles. The Hall–Kier alpha value is -0.420. The second-order valence-electron chi connectivity index (χ2n) is 6.35. The van der Waals surface area contributed by atoms with Crippen LogP contribution < -0.4 is 10.6 Å². The second kappa shape index (κ2) is 13.7. The molecule has 1 aliphatic rings. The van der Waals surface area contributed by atoms with Gasteiger partial charge in [-0.05, 0) is 45.3 Å². The zero-order valence-electron chi connectivity index (χ0n) is 16.1. The summed E-state index contributed by atoms with van der Waals surface area (Å²) in [5.74, 6) is 0.870. The Morgan fingerprint density at radius 3 is 2.92 bits per heavy atom. The molecule has 0 aromatic carbocycles. The van der Waals surface area contributed by atoms with Crippen molar-refractivity contribution in [2.45, 2.75) is 31.9 Å². The molecule has 2 atom stereocenters. The number of aliphatic imine (C=N–C) groups is 1. The SMILES string of the molecule is CCNC(=NCC(c1cccs1)N(C)C)NCCCOC1CCOC1.I. The third-order valence-corrected chi connectivity index (χ3v) is 5.09. The monoisotopic (exact) mass is 496 g/mol. The van der Waals surface area contributed by atoms with Crippen molar-refractivity contribution in [3.05, 3.63) is 22.4 Å². The number of halogens is 1. The van der Waals surface area contributed by atoms with Gasteiger partial charge in [0.15, 0.2) is 5.96 Å². The zero-order chi connectivity index (χ0) is 17.9. The van der Waals surface area contributed by atoms with Gasteiger partial charge in [0.1, 0.15) is 0 Å². The molecule has 0 aliphatic carbocycles. The first-order chi connectivity index (χ1) is 12.2. The van der Waals surface area contributed by atoms with Gasteiger partial charge in [-0.3, -0.25) is 4.99 Å². The van der Waals surface area contributed by atoms with Crippen molar-refractivity contribution in [2.75, 3.05) is 53.6 Å². The average molecular weight is 496 g/mol. The molecule has 1 aromatic heterocycles. The summed E-state index contributed by atoms with van der Waals surface area (Å²) in [6.45, 7) is 6.86. The van der Waals surface area contributed by atoms with Gasteiger partial charge in [0.25, 0.3) is 0 Å². The van der Waals surface area contributed by atoms with E-state index in [9.17, 15) is 0 Å². The van der Waals surface area contributed by atoms with Gasteiger partial charge >= 0.3 is 0 Å². The molecule has 6 nitrogen and oxygen atoms in total. The summed E-state index contributed by atoms with van der Waals surface area (Å²) in [6.07, 6.45) is 2.27. The summed E-state index contributed by atoms with van der Waals surface area (Å²) < 4.78 is 11.1. The predicted octanol–water partition coefficient (Wildman–Crippen LogP) is 2.72. The number of rotatable bonds is 10. The fourth-order valence-electron chi connectivity index (χ4n) is 2.68. The molecule has 0 saturated carbocycles. The van der Waals surface area contributed by atoms with Crippen LogP contribution in [0.4, 0.5) is 0 Å². The first kappa shape index (κ1) is 23.6. The number of nitrogens with one attached hydrogen (secondary N) is 2. The third kappa shape index (κ3) is 8.51. The Morgan fingerprint density at radius 2 is 2.31 bits per heavy atom. The highest BCUT2D eigenvalue weighted by Gasteiger charge is 2.16. The van der Waals surface area contributed by atoms with E-state index in [1.807, 2.05) is 0 Å². The van der Waals surface area contributed by atoms with Crippen LogP contribution in [0.1, 0.15) is 30.7 Å². The van der Waals surface area contributed by atoms with Gasteiger partial charge < -0.3 is 25.0 Å². The summed E-state index contributed by atoms with van der Waals surface area (Å²) in [4.78, 5) is 8.33. The first-order valence-electron chi connectivity index (χ1n) is 9.12. The van der Waals surface area contributed by atoms with Crippen molar-refractivity contribution in [2.24, 2.45) is 4.99 Å². The molecule has 26 heavy (non-hydrogen) atoms. The van der Waals surface area contributed by atoms with E-state index in [4.69, 9.17) is 14.5 Å². The van der Waals surface area contributed by atoms with Crippen LogP contribution in [0.2, 0.25) is 0 Å². The molecular formula is C18H33IN4O2S. The summed E-state index contributed by atoms with van der Waals surface area (Å²) in [5, 5.41) is 8.83. The predicted molar refractivity (Wildman–Crippen MR) is 120 cm³/mol.